The summed E-state index contributed by atoms with van der Waals surface area (Å²) in [5.41, 5.74) is -0.177. The molecule has 1 aromatic carbocycles. The van der Waals surface area contributed by atoms with Gasteiger partial charge in [0, 0.05) is 33.9 Å². The number of halogens is 2. The van der Waals surface area contributed by atoms with Gasteiger partial charge in [0.15, 0.2) is 0 Å². The normalized spacial score (nSPS) is 16.1. The quantitative estimate of drug-likeness (QED) is 0.498. The van der Waals surface area contributed by atoms with Crippen LogP contribution in [0.5, 0.6) is 0 Å². The average molecular weight is 339 g/mol. The second kappa shape index (κ2) is 6.65. The molecule has 2 N–H and O–H groups in total. The van der Waals surface area contributed by atoms with Crippen LogP contribution >= 0.6 is 23.2 Å². The highest BCUT2D eigenvalue weighted by Gasteiger charge is 2.41. The van der Waals surface area contributed by atoms with Gasteiger partial charge in [-0.25, -0.2) is 0 Å². The Morgan fingerprint density at radius 3 is 2.59 bits per heavy atom. The highest BCUT2D eigenvalue weighted by atomic mass is 35.5. The lowest BCUT2D eigenvalue weighted by atomic mass is 9.76. The number of aromatic nitrogens is 1. The van der Waals surface area contributed by atoms with Crippen molar-refractivity contribution in [1.29, 1.82) is 0 Å². The predicted octanol–water partition coefficient (Wildman–Crippen LogP) is 4.23. The molecule has 1 aromatic heterocycles. The van der Waals surface area contributed by atoms with Crippen molar-refractivity contribution in [3.63, 3.8) is 0 Å². The molecule has 0 fully saturated rings. The molecule has 0 aliphatic heterocycles. The minimum atomic E-state index is -1.54. The van der Waals surface area contributed by atoms with E-state index in [4.69, 9.17) is 23.2 Å². The van der Waals surface area contributed by atoms with Crippen LogP contribution in [0.4, 0.5) is 0 Å². The van der Waals surface area contributed by atoms with Gasteiger partial charge in [0.25, 0.3) is 0 Å². The van der Waals surface area contributed by atoms with E-state index in [1.165, 1.54) is 6.20 Å². The van der Waals surface area contributed by atoms with E-state index in [9.17, 15) is 10.3 Å². The second-order valence-electron chi connectivity index (χ2n) is 5.08. The van der Waals surface area contributed by atoms with Gasteiger partial charge in [-0.3, -0.25) is 4.98 Å². The van der Waals surface area contributed by atoms with Crippen LogP contribution in [0.3, 0.4) is 0 Å². The molecule has 22 heavy (non-hydrogen) atoms. The summed E-state index contributed by atoms with van der Waals surface area (Å²) < 4.78 is 0. The van der Waals surface area contributed by atoms with E-state index in [-0.39, 0.29) is 5.71 Å². The first-order valence-corrected chi connectivity index (χ1v) is 7.43. The summed E-state index contributed by atoms with van der Waals surface area (Å²) in [5.74, 6) is -0.475. The molecule has 0 saturated carbocycles. The highest BCUT2D eigenvalue weighted by molar-refractivity contribution is 6.35. The molecule has 0 saturated heterocycles. The fraction of sp³-hybridized carbons (Fsp3) is 0.250. The van der Waals surface area contributed by atoms with Crippen LogP contribution in [0, 0.1) is 0 Å². The highest BCUT2D eigenvalue weighted by Crippen LogP contribution is 2.41. The van der Waals surface area contributed by atoms with E-state index in [1.54, 1.807) is 50.4 Å². The van der Waals surface area contributed by atoms with Gasteiger partial charge in [-0.1, -0.05) is 47.4 Å². The number of hydrogen-bond acceptors (Lipinski definition) is 4. The average Bonchev–Trinajstić information content (AvgIpc) is 2.53. The maximum absolute atomic E-state index is 11.2. The Kier molecular flexibility index (Phi) is 5.06. The van der Waals surface area contributed by atoms with E-state index in [0.29, 0.717) is 21.2 Å². The summed E-state index contributed by atoms with van der Waals surface area (Å²) in [7, 11) is 0. The zero-order chi connectivity index (χ0) is 16.3. The van der Waals surface area contributed by atoms with Crippen LogP contribution < -0.4 is 0 Å². The number of nitrogens with zero attached hydrogens (tertiary/aromatic N) is 2. The van der Waals surface area contributed by atoms with Crippen LogP contribution in [0.25, 0.3) is 0 Å². The Balaban J connectivity index is 2.59. The van der Waals surface area contributed by atoms with Crippen molar-refractivity contribution < 1.29 is 10.3 Å². The summed E-state index contributed by atoms with van der Waals surface area (Å²) >= 11 is 12.2. The molecule has 2 aromatic rings. The van der Waals surface area contributed by atoms with Gasteiger partial charge >= 0.3 is 0 Å². The Hall–Kier alpha value is -1.62. The first-order chi connectivity index (χ1) is 10.4. The molecule has 6 heteroatoms. The molecule has 2 rings (SSSR count). The summed E-state index contributed by atoms with van der Waals surface area (Å²) in [6, 6.07) is 8.50. The van der Waals surface area contributed by atoms with Gasteiger partial charge in [0.2, 0.25) is 0 Å². The zero-order valence-corrected chi connectivity index (χ0v) is 13.7. The molecule has 2 unspecified atom stereocenters. The molecule has 0 bridgehead atoms. The van der Waals surface area contributed by atoms with E-state index in [1.807, 2.05) is 0 Å². The fourth-order valence-electron chi connectivity index (χ4n) is 2.51. The van der Waals surface area contributed by atoms with Crippen molar-refractivity contribution in [3.8, 4) is 0 Å². The van der Waals surface area contributed by atoms with Crippen molar-refractivity contribution in [2.24, 2.45) is 5.16 Å². The van der Waals surface area contributed by atoms with Crippen molar-refractivity contribution in [2.75, 3.05) is 0 Å². The summed E-state index contributed by atoms with van der Waals surface area (Å²) in [5, 5.41) is 24.6. The molecule has 0 radical (unpaired) electrons. The Morgan fingerprint density at radius 1 is 1.32 bits per heavy atom. The summed E-state index contributed by atoms with van der Waals surface area (Å²) in [6.45, 7) is 3.35. The van der Waals surface area contributed by atoms with Crippen molar-refractivity contribution >= 4 is 28.9 Å². The molecule has 4 nitrogen and oxygen atoms in total. The summed E-state index contributed by atoms with van der Waals surface area (Å²) in [4.78, 5) is 4.03. The third-order valence-corrected chi connectivity index (χ3v) is 4.42. The number of oxime groups is 1. The van der Waals surface area contributed by atoms with E-state index < -0.39 is 11.5 Å². The topological polar surface area (TPSA) is 65.7 Å². The van der Waals surface area contributed by atoms with Crippen LogP contribution in [-0.4, -0.2) is 21.0 Å². The van der Waals surface area contributed by atoms with Gasteiger partial charge in [-0.05, 0) is 30.7 Å². The molecular weight excluding hydrogens is 323 g/mol. The number of rotatable bonds is 4. The maximum atomic E-state index is 11.2. The standard InChI is InChI=1S/C16H16Cl2N2O2/c1-10(14-6-5-13(17)8-15(14)18)16(21,11(2)20-22)12-4-3-7-19-9-12/h3-10,21-22H,1-2H3. The number of pyridine rings is 1. The zero-order valence-electron chi connectivity index (χ0n) is 12.2. The molecule has 0 aliphatic carbocycles. The van der Waals surface area contributed by atoms with E-state index in [2.05, 4.69) is 10.1 Å². The number of aliphatic hydroxyl groups is 1. The molecular formula is C16H16Cl2N2O2. The third-order valence-electron chi connectivity index (χ3n) is 3.86. The van der Waals surface area contributed by atoms with E-state index in [0.717, 1.165) is 0 Å². The molecule has 1 heterocycles. The first-order valence-electron chi connectivity index (χ1n) is 6.68. The SMILES string of the molecule is CC(=NO)C(O)(c1cccnc1)C(C)c1ccc(Cl)cc1Cl. The molecule has 2 atom stereocenters. The fourth-order valence-corrected chi connectivity index (χ4v) is 3.09. The summed E-state index contributed by atoms with van der Waals surface area (Å²) in [6.07, 6.45) is 3.14. The third kappa shape index (κ3) is 2.95. The molecule has 0 spiro atoms. The van der Waals surface area contributed by atoms with Crippen LogP contribution in [0.15, 0.2) is 47.9 Å². The second-order valence-corrected chi connectivity index (χ2v) is 5.92. The lowest BCUT2D eigenvalue weighted by molar-refractivity contribution is 0.0801. The van der Waals surface area contributed by atoms with Crippen LogP contribution in [0.2, 0.25) is 10.0 Å². The largest absolute Gasteiger partial charge is 0.411 e. The van der Waals surface area contributed by atoms with Crippen molar-refractivity contribution in [1.82, 2.24) is 4.98 Å². The monoisotopic (exact) mass is 338 g/mol. The van der Waals surface area contributed by atoms with Gasteiger partial charge in [0.1, 0.15) is 5.60 Å². The van der Waals surface area contributed by atoms with Gasteiger partial charge in [-0.2, -0.15) is 0 Å². The predicted molar refractivity (Wildman–Crippen MR) is 87.9 cm³/mol. The smallest absolute Gasteiger partial charge is 0.139 e. The number of hydrogen-bond donors (Lipinski definition) is 2. The van der Waals surface area contributed by atoms with Crippen molar-refractivity contribution in [3.05, 3.63) is 63.9 Å². The first kappa shape index (κ1) is 16.7. The van der Waals surface area contributed by atoms with Crippen LogP contribution in [-0.2, 0) is 5.60 Å². The number of benzene rings is 1. The minimum absolute atomic E-state index is 0.152. The minimum Gasteiger partial charge on any atom is -0.411 e. The molecule has 0 aliphatic rings. The Bertz CT molecular complexity index is 692. The van der Waals surface area contributed by atoms with E-state index >= 15 is 0 Å². The molecule has 116 valence electrons. The van der Waals surface area contributed by atoms with Crippen LogP contribution in [0.1, 0.15) is 30.9 Å². The van der Waals surface area contributed by atoms with Crippen molar-refractivity contribution in [2.45, 2.75) is 25.4 Å². The lowest BCUT2D eigenvalue weighted by Gasteiger charge is -2.34. The Labute approximate surface area is 139 Å². The van der Waals surface area contributed by atoms with Gasteiger partial charge in [0.05, 0.1) is 5.71 Å². The Morgan fingerprint density at radius 2 is 2.05 bits per heavy atom. The van der Waals surface area contributed by atoms with Gasteiger partial charge in [-0.15, -0.1) is 0 Å². The lowest BCUT2D eigenvalue weighted by Crippen LogP contribution is -2.39. The maximum Gasteiger partial charge on any atom is 0.139 e. The van der Waals surface area contributed by atoms with Gasteiger partial charge < -0.3 is 10.3 Å². The molecule has 0 amide bonds.